The van der Waals surface area contributed by atoms with Gasteiger partial charge in [0, 0.05) is 25.0 Å². The van der Waals surface area contributed by atoms with Crippen molar-refractivity contribution >= 4 is 18.0 Å². The lowest BCUT2D eigenvalue weighted by molar-refractivity contribution is -0.149. The summed E-state index contributed by atoms with van der Waals surface area (Å²) in [6.07, 6.45) is 1.65. The van der Waals surface area contributed by atoms with Gasteiger partial charge >= 0.3 is 12.1 Å². The number of ether oxygens (including phenoxy) is 2. The van der Waals surface area contributed by atoms with Gasteiger partial charge in [0.25, 0.3) is 0 Å². The Morgan fingerprint density at radius 1 is 1.00 bits per heavy atom. The van der Waals surface area contributed by atoms with Crippen LogP contribution < -0.4 is 10.6 Å². The zero-order chi connectivity index (χ0) is 24.4. The van der Waals surface area contributed by atoms with Crippen molar-refractivity contribution in [3.05, 3.63) is 59.7 Å². The third-order valence-corrected chi connectivity index (χ3v) is 7.21. The molecule has 2 amide bonds. The number of rotatable bonds is 9. The molecule has 0 aromatic heterocycles. The van der Waals surface area contributed by atoms with Gasteiger partial charge in [-0.05, 0) is 41.0 Å². The smallest absolute Gasteiger partial charge is 0.407 e. The summed E-state index contributed by atoms with van der Waals surface area (Å²) < 4.78 is 10.9. The molecule has 2 fully saturated rings. The second-order valence-corrected chi connectivity index (χ2v) is 9.63. The van der Waals surface area contributed by atoms with E-state index in [0.717, 1.165) is 35.1 Å². The van der Waals surface area contributed by atoms with Gasteiger partial charge in [-0.1, -0.05) is 61.4 Å². The van der Waals surface area contributed by atoms with Crippen molar-refractivity contribution in [2.45, 2.75) is 43.7 Å². The highest BCUT2D eigenvalue weighted by atomic mass is 16.5. The van der Waals surface area contributed by atoms with Gasteiger partial charge in [0.2, 0.25) is 5.91 Å². The Balaban J connectivity index is 1.19. The molecule has 1 aliphatic heterocycles. The Morgan fingerprint density at radius 3 is 2.29 bits per heavy atom. The van der Waals surface area contributed by atoms with Crippen LogP contribution in [0.25, 0.3) is 11.1 Å². The Labute approximate surface area is 204 Å². The summed E-state index contributed by atoms with van der Waals surface area (Å²) in [5.41, 5.74) is 4.55. The molecule has 2 aromatic carbocycles. The lowest BCUT2D eigenvalue weighted by atomic mass is 9.98. The topological polar surface area (TPSA) is 114 Å². The number of amides is 2. The lowest BCUT2D eigenvalue weighted by Crippen LogP contribution is -2.49. The van der Waals surface area contributed by atoms with Crippen LogP contribution in [0.4, 0.5) is 4.79 Å². The van der Waals surface area contributed by atoms with Gasteiger partial charge in [-0.2, -0.15) is 0 Å². The fourth-order valence-electron chi connectivity index (χ4n) is 5.17. The maximum absolute atomic E-state index is 12.9. The predicted octanol–water partition coefficient (Wildman–Crippen LogP) is 3.30. The van der Waals surface area contributed by atoms with Gasteiger partial charge in [0.05, 0.1) is 0 Å². The second-order valence-electron chi connectivity index (χ2n) is 9.63. The molecule has 8 heteroatoms. The number of carboxylic acids is 1. The molecule has 35 heavy (non-hydrogen) atoms. The zero-order valence-electron chi connectivity index (χ0n) is 19.4. The molecule has 5 rings (SSSR count). The number of carbonyl (C=O) groups excluding carboxylic acids is 2. The van der Waals surface area contributed by atoms with Crippen molar-refractivity contribution in [3.8, 4) is 11.1 Å². The van der Waals surface area contributed by atoms with Gasteiger partial charge in [-0.15, -0.1) is 0 Å². The van der Waals surface area contributed by atoms with E-state index < -0.39 is 24.2 Å². The summed E-state index contributed by atoms with van der Waals surface area (Å²) in [5.74, 6) is -1.28. The molecule has 2 aliphatic carbocycles. The molecule has 1 saturated heterocycles. The number of hydrogen-bond acceptors (Lipinski definition) is 5. The molecule has 1 saturated carbocycles. The molecule has 0 bridgehead atoms. The van der Waals surface area contributed by atoms with E-state index in [4.69, 9.17) is 9.47 Å². The highest BCUT2D eigenvalue weighted by Gasteiger charge is 2.36. The van der Waals surface area contributed by atoms with Crippen LogP contribution in [0.5, 0.6) is 0 Å². The maximum Gasteiger partial charge on any atom is 0.407 e. The quantitative estimate of drug-likeness (QED) is 0.510. The number of hydrogen-bond donors (Lipinski definition) is 3. The predicted molar refractivity (Wildman–Crippen MR) is 128 cm³/mol. The van der Waals surface area contributed by atoms with Crippen molar-refractivity contribution in [1.82, 2.24) is 10.6 Å². The first-order valence-electron chi connectivity index (χ1n) is 12.2. The van der Waals surface area contributed by atoms with Gasteiger partial charge in [0.15, 0.2) is 6.10 Å². The van der Waals surface area contributed by atoms with Crippen LogP contribution >= 0.6 is 0 Å². The van der Waals surface area contributed by atoms with Gasteiger partial charge < -0.3 is 25.2 Å². The van der Waals surface area contributed by atoms with Crippen LogP contribution in [-0.2, 0) is 19.1 Å². The van der Waals surface area contributed by atoms with Crippen molar-refractivity contribution in [2.75, 3.05) is 19.8 Å². The Morgan fingerprint density at radius 2 is 1.66 bits per heavy atom. The Hall–Kier alpha value is -3.39. The van der Waals surface area contributed by atoms with E-state index in [0.29, 0.717) is 25.4 Å². The van der Waals surface area contributed by atoms with E-state index in [1.807, 2.05) is 24.3 Å². The number of nitrogens with one attached hydrogen (secondary N) is 2. The highest BCUT2D eigenvalue weighted by Crippen LogP contribution is 2.44. The maximum atomic E-state index is 12.9. The summed E-state index contributed by atoms with van der Waals surface area (Å²) in [5, 5.41) is 14.8. The summed E-state index contributed by atoms with van der Waals surface area (Å²) in [6, 6.07) is 15.5. The standard InChI is InChI=1S/C27H30N2O6/c30-25(28-14-17-11-12-34-24(17)26(31)32)23(13-16-9-10-16)29-27(33)35-15-22-20-7-3-1-5-18(20)19-6-2-4-8-21(19)22/h1-8,16-17,22-24H,9-15H2,(H,28,30)(H,29,33)(H,31,32)/t17-,23+,24-/m1/s1. The van der Waals surface area contributed by atoms with E-state index in [-0.39, 0.29) is 30.9 Å². The number of carboxylic acid groups (broad SMARTS) is 1. The van der Waals surface area contributed by atoms with Crippen molar-refractivity contribution in [3.63, 3.8) is 0 Å². The fourth-order valence-corrected chi connectivity index (χ4v) is 5.17. The van der Waals surface area contributed by atoms with Crippen molar-refractivity contribution in [2.24, 2.45) is 11.8 Å². The minimum Gasteiger partial charge on any atom is -0.479 e. The molecule has 2 aromatic rings. The average molecular weight is 479 g/mol. The minimum atomic E-state index is -1.02. The molecule has 0 radical (unpaired) electrons. The molecule has 3 N–H and O–H groups in total. The van der Waals surface area contributed by atoms with Gasteiger partial charge in [0.1, 0.15) is 12.6 Å². The summed E-state index contributed by atoms with van der Waals surface area (Å²) >= 11 is 0. The molecule has 8 nitrogen and oxygen atoms in total. The van der Waals surface area contributed by atoms with Crippen LogP contribution in [0.3, 0.4) is 0 Å². The van der Waals surface area contributed by atoms with Gasteiger partial charge in [-0.25, -0.2) is 9.59 Å². The van der Waals surface area contributed by atoms with E-state index >= 15 is 0 Å². The number of benzene rings is 2. The summed E-state index contributed by atoms with van der Waals surface area (Å²) in [7, 11) is 0. The molecule has 3 atom stereocenters. The third kappa shape index (κ3) is 5.17. The number of fused-ring (bicyclic) bond motifs is 3. The largest absolute Gasteiger partial charge is 0.479 e. The Kier molecular flexibility index (Phi) is 6.72. The van der Waals surface area contributed by atoms with Crippen molar-refractivity contribution < 1.29 is 29.0 Å². The summed E-state index contributed by atoms with van der Waals surface area (Å²) in [4.78, 5) is 36.9. The third-order valence-electron chi connectivity index (χ3n) is 7.21. The van der Waals surface area contributed by atoms with Crippen LogP contribution in [0.2, 0.25) is 0 Å². The van der Waals surface area contributed by atoms with Crippen LogP contribution in [0, 0.1) is 11.8 Å². The first-order valence-corrected chi connectivity index (χ1v) is 12.2. The normalized spacial score (nSPS) is 21.6. The molecule has 0 spiro atoms. The SMILES string of the molecule is O=C(N[C@@H](CC1CC1)C(=O)NC[C@H]1CCO[C@H]1C(=O)O)OCC1c2ccccc2-c2ccccc21. The average Bonchev–Trinajstić information content (AvgIpc) is 3.45. The first kappa shape index (κ1) is 23.4. The van der Waals surface area contributed by atoms with E-state index in [1.165, 1.54) is 0 Å². The van der Waals surface area contributed by atoms with Gasteiger partial charge in [-0.3, -0.25) is 4.79 Å². The molecular weight excluding hydrogens is 448 g/mol. The highest BCUT2D eigenvalue weighted by molar-refractivity contribution is 5.86. The molecular formula is C27H30N2O6. The zero-order valence-corrected chi connectivity index (χ0v) is 19.4. The summed E-state index contributed by atoms with van der Waals surface area (Å²) in [6.45, 7) is 0.738. The van der Waals surface area contributed by atoms with Crippen molar-refractivity contribution in [1.29, 1.82) is 0 Å². The van der Waals surface area contributed by atoms with E-state index in [9.17, 15) is 19.5 Å². The van der Waals surface area contributed by atoms with E-state index in [2.05, 4.69) is 34.9 Å². The monoisotopic (exact) mass is 478 g/mol. The van der Waals surface area contributed by atoms with E-state index in [1.54, 1.807) is 0 Å². The Bertz CT molecular complexity index is 1070. The molecule has 1 heterocycles. The fraction of sp³-hybridized carbons (Fsp3) is 0.444. The molecule has 0 unspecified atom stereocenters. The van der Waals surface area contributed by atoms with Crippen LogP contribution in [0.1, 0.15) is 42.7 Å². The number of alkyl carbamates (subject to hydrolysis) is 1. The molecule has 184 valence electrons. The second kappa shape index (κ2) is 10.1. The minimum absolute atomic E-state index is 0.0563. The number of carbonyl (C=O) groups is 3. The lowest BCUT2D eigenvalue weighted by Gasteiger charge is -2.21. The molecule has 3 aliphatic rings. The number of aliphatic carboxylic acids is 1. The van der Waals surface area contributed by atoms with Crippen LogP contribution in [0.15, 0.2) is 48.5 Å². The first-order chi connectivity index (χ1) is 17.0. The van der Waals surface area contributed by atoms with Crippen LogP contribution in [-0.4, -0.2) is 55.0 Å².